The summed E-state index contributed by atoms with van der Waals surface area (Å²) in [6.07, 6.45) is 4.65. The number of nitrogens with zero attached hydrogens (tertiary/aromatic N) is 4. The van der Waals surface area contributed by atoms with E-state index in [2.05, 4.69) is 9.88 Å². The van der Waals surface area contributed by atoms with Gasteiger partial charge in [0, 0.05) is 45.5 Å². The Kier molecular flexibility index (Phi) is 4.85. The molecule has 0 N–H and O–H groups in total. The van der Waals surface area contributed by atoms with Gasteiger partial charge in [-0.15, -0.1) is 0 Å². The number of amides is 2. The molecule has 2 amide bonds. The lowest BCUT2D eigenvalue weighted by molar-refractivity contribution is -0.131. The summed E-state index contributed by atoms with van der Waals surface area (Å²) < 4.78 is 13.2. The van der Waals surface area contributed by atoms with Crippen molar-refractivity contribution < 1.29 is 14.0 Å². The van der Waals surface area contributed by atoms with Gasteiger partial charge in [-0.3, -0.25) is 19.5 Å². The molecule has 2 fully saturated rings. The summed E-state index contributed by atoms with van der Waals surface area (Å²) >= 11 is 0. The second-order valence-electron chi connectivity index (χ2n) is 6.05. The van der Waals surface area contributed by atoms with Crippen LogP contribution in [0.25, 0.3) is 0 Å². The Hall–Kier alpha value is -2.02. The van der Waals surface area contributed by atoms with Crippen LogP contribution in [0.15, 0.2) is 18.5 Å². The predicted molar refractivity (Wildman–Crippen MR) is 82.4 cm³/mol. The molecule has 0 saturated carbocycles. The molecule has 2 aliphatic rings. The first kappa shape index (κ1) is 15.9. The summed E-state index contributed by atoms with van der Waals surface area (Å²) in [6, 6.07) is 1.21. The number of hydrogen-bond acceptors (Lipinski definition) is 4. The van der Waals surface area contributed by atoms with Crippen molar-refractivity contribution in [3.63, 3.8) is 0 Å². The summed E-state index contributed by atoms with van der Waals surface area (Å²) in [5, 5.41) is 0. The molecule has 7 heteroatoms. The van der Waals surface area contributed by atoms with Crippen molar-refractivity contribution >= 4 is 11.8 Å². The summed E-state index contributed by atoms with van der Waals surface area (Å²) in [4.78, 5) is 33.9. The number of halogens is 1. The van der Waals surface area contributed by atoms with Gasteiger partial charge in [0.2, 0.25) is 5.91 Å². The van der Waals surface area contributed by atoms with Gasteiger partial charge in [0.05, 0.1) is 18.3 Å². The lowest BCUT2D eigenvalue weighted by Gasteiger charge is -2.35. The van der Waals surface area contributed by atoms with Crippen LogP contribution in [-0.4, -0.2) is 77.3 Å². The lowest BCUT2D eigenvalue weighted by atomic mass is 10.2. The SMILES string of the molecule is O=C(CN1CCN(C(=O)c2cncc(F)c2)CC1)N1CCCC1. The van der Waals surface area contributed by atoms with E-state index in [1.807, 2.05) is 4.90 Å². The number of aromatic nitrogens is 1. The third kappa shape index (κ3) is 3.85. The van der Waals surface area contributed by atoms with Crippen LogP contribution in [0.2, 0.25) is 0 Å². The van der Waals surface area contributed by atoms with Crippen LogP contribution in [0, 0.1) is 5.82 Å². The monoisotopic (exact) mass is 320 g/mol. The Morgan fingerprint density at radius 3 is 2.35 bits per heavy atom. The summed E-state index contributed by atoms with van der Waals surface area (Å²) in [7, 11) is 0. The summed E-state index contributed by atoms with van der Waals surface area (Å²) in [6.45, 7) is 4.56. The van der Waals surface area contributed by atoms with E-state index in [0.29, 0.717) is 32.7 Å². The van der Waals surface area contributed by atoms with Gasteiger partial charge >= 0.3 is 0 Å². The zero-order valence-electron chi connectivity index (χ0n) is 13.1. The fraction of sp³-hybridized carbons (Fsp3) is 0.562. The van der Waals surface area contributed by atoms with Crippen molar-refractivity contribution in [2.24, 2.45) is 0 Å². The first-order valence-corrected chi connectivity index (χ1v) is 8.03. The maximum atomic E-state index is 13.2. The first-order valence-electron chi connectivity index (χ1n) is 8.03. The second kappa shape index (κ2) is 7.04. The first-order chi connectivity index (χ1) is 11.1. The molecule has 6 nitrogen and oxygen atoms in total. The quantitative estimate of drug-likeness (QED) is 0.818. The van der Waals surface area contributed by atoms with Crippen LogP contribution in [0.5, 0.6) is 0 Å². The van der Waals surface area contributed by atoms with Gasteiger partial charge < -0.3 is 9.80 Å². The Labute approximate surface area is 134 Å². The minimum Gasteiger partial charge on any atom is -0.342 e. The standard InChI is InChI=1S/C16H21FN4O2/c17-14-9-13(10-18-11-14)16(23)21-7-5-19(6-8-21)12-15(22)20-3-1-2-4-20/h9-11H,1-8,12H2. The molecule has 2 aliphatic heterocycles. The van der Waals surface area contributed by atoms with Crippen LogP contribution < -0.4 is 0 Å². The van der Waals surface area contributed by atoms with Crippen molar-refractivity contribution in [1.82, 2.24) is 19.7 Å². The average molecular weight is 320 g/mol. The molecular formula is C16H21FN4O2. The molecule has 3 heterocycles. The molecule has 3 rings (SSSR count). The Morgan fingerprint density at radius 2 is 1.70 bits per heavy atom. The molecule has 0 aromatic carbocycles. The van der Waals surface area contributed by atoms with Gasteiger partial charge in [-0.05, 0) is 18.9 Å². The van der Waals surface area contributed by atoms with Crippen molar-refractivity contribution in [1.29, 1.82) is 0 Å². The molecule has 0 bridgehead atoms. The van der Waals surface area contributed by atoms with Gasteiger partial charge in [0.1, 0.15) is 5.82 Å². The Morgan fingerprint density at radius 1 is 1.00 bits per heavy atom. The molecular weight excluding hydrogens is 299 g/mol. The molecule has 0 radical (unpaired) electrons. The van der Waals surface area contributed by atoms with Crippen LogP contribution in [0.3, 0.4) is 0 Å². The minimum atomic E-state index is -0.509. The third-order valence-electron chi connectivity index (χ3n) is 4.43. The lowest BCUT2D eigenvalue weighted by Crippen LogP contribution is -2.51. The highest BCUT2D eigenvalue weighted by molar-refractivity contribution is 5.94. The fourth-order valence-corrected chi connectivity index (χ4v) is 3.08. The number of carbonyl (C=O) groups is 2. The van der Waals surface area contributed by atoms with Crippen LogP contribution in [0.1, 0.15) is 23.2 Å². The van der Waals surface area contributed by atoms with E-state index in [4.69, 9.17) is 0 Å². The maximum Gasteiger partial charge on any atom is 0.255 e. The molecule has 23 heavy (non-hydrogen) atoms. The van der Waals surface area contributed by atoms with E-state index >= 15 is 0 Å². The second-order valence-corrected chi connectivity index (χ2v) is 6.05. The maximum absolute atomic E-state index is 13.2. The largest absolute Gasteiger partial charge is 0.342 e. The number of pyridine rings is 1. The topological polar surface area (TPSA) is 56.8 Å². The molecule has 0 unspecified atom stereocenters. The highest BCUT2D eigenvalue weighted by Crippen LogP contribution is 2.11. The Bertz CT molecular complexity index is 581. The fourth-order valence-electron chi connectivity index (χ4n) is 3.08. The molecule has 0 atom stereocenters. The van der Waals surface area contributed by atoms with Gasteiger partial charge in [0.15, 0.2) is 0 Å². The number of hydrogen-bond donors (Lipinski definition) is 0. The van der Waals surface area contributed by atoms with E-state index in [1.54, 1.807) is 4.90 Å². The highest BCUT2D eigenvalue weighted by Gasteiger charge is 2.25. The summed E-state index contributed by atoms with van der Waals surface area (Å²) in [5.74, 6) is -0.537. The minimum absolute atomic E-state index is 0.177. The van der Waals surface area contributed by atoms with E-state index < -0.39 is 5.82 Å². The van der Waals surface area contributed by atoms with Gasteiger partial charge in [-0.1, -0.05) is 0 Å². The smallest absolute Gasteiger partial charge is 0.255 e. The third-order valence-corrected chi connectivity index (χ3v) is 4.43. The van der Waals surface area contributed by atoms with Crippen molar-refractivity contribution in [2.45, 2.75) is 12.8 Å². The molecule has 1 aromatic heterocycles. The van der Waals surface area contributed by atoms with E-state index in [9.17, 15) is 14.0 Å². The van der Waals surface area contributed by atoms with E-state index in [0.717, 1.165) is 32.1 Å². The summed E-state index contributed by atoms with van der Waals surface area (Å²) in [5.41, 5.74) is 0.270. The molecule has 0 spiro atoms. The van der Waals surface area contributed by atoms with Crippen LogP contribution >= 0.6 is 0 Å². The van der Waals surface area contributed by atoms with Crippen LogP contribution in [-0.2, 0) is 4.79 Å². The number of piperazine rings is 1. The highest BCUT2D eigenvalue weighted by atomic mass is 19.1. The predicted octanol–water partition coefficient (Wildman–Crippen LogP) is 0.601. The van der Waals surface area contributed by atoms with Gasteiger partial charge in [-0.2, -0.15) is 0 Å². The van der Waals surface area contributed by atoms with E-state index in [-0.39, 0.29) is 17.4 Å². The number of rotatable bonds is 3. The number of carbonyl (C=O) groups excluding carboxylic acids is 2. The Balaban J connectivity index is 1.50. The van der Waals surface area contributed by atoms with Crippen molar-refractivity contribution in [3.8, 4) is 0 Å². The zero-order valence-corrected chi connectivity index (χ0v) is 13.1. The zero-order chi connectivity index (χ0) is 16.2. The molecule has 0 aliphatic carbocycles. The molecule has 1 aromatic rings. The van der Waals surface area contributed by atoms with Gasteiger partial charge in [0.25, 0.3) is 5.91 Å². The molecule has 124 valence electrons. The molecule has 2 saturated heterocycles. The van der Waals surface area contributed by atoms with Crippen molar-refractivity contribution in [2.75, 3.05) is 45.8 Å². The normalized spacial score (nSPS) is 19.2. The van der Waals surface area contributed by atoms with E-state index in [1.165, 1.54) is 12.3 Å². The van der Waals surface area contributed by atoms with Gasteiger partial charge in [-0.25, -0.2) is 4.39 Å². The van der Waals surface area contributed by atoms with Crippen LogP contribution in [0.4, 0.5) is 4.39 Å². The average Bonchev–Trinajstić information content (AvgIpc) is 3.09. The number of likely N-dealkylation sites (tertiary alicyclic amines) is 1. The van der Waals surface area contributed by atoms with Crippen molar-refractivity contribution in [3.05, 3.63) is 29.8 Å².